The maximum absolute atomic E-state index is 14.5. The second-order valence-corrected chi connectivity index (χ2v) is 7.63. The molecule has 0 unspecified atom stereocenters. The van der Waals surface area contributed by atoms with Crippen LogP contribution in [0.25, 0.3) is 5.57 Å². The molecular formula is C24H26FN3O4. The van der Waals surface area contributed by atoms with Crippen molar-refractivity contribution in [2.24, 2.45) is 0 Å². The van der Waals surface area contributed by atoms with Crippen molar-refractivity contribution in [2.75, 3.05) is 50.8 Å². The first kappa shape index (κ1) is 22.0. The zero-order valence-electron chi connectivity index (χ0n) is 18.0. The van der Waals surface area contributed by atoms with Crippen LogP contribution in [0.15, 0.2) is 54.2 Å². The molecule has 32 heavy (non-hydrogen) atoms. The molecule has 1 saturated heterocycles. The number of carbonyl (C=O) groups is 2. The van der Waals surface area contributed by atoms with Crippen LogP contribution in [0.4, 0.5) is 10.1 Å². The fraction of sp³-hybridized carbons (Fsp3) is 0.333. The molecule has 4 rings (SSSR count). The molecule has 0 aliphatic carbocycles. The lowest BCUT2D eigenvalue weighted by molar-refractivity contribution is -0.120. The van der Waals surface area contributed by atoms with Crippen LogP contribution in [0.1, 0.15) is 12.5 Å². The first-order valence-corrected chi connectivity index (χ1v) is 10.7. The van der Waals surface area contributed by atoms with Gasteiger partial charge in [-0.25, -0.2) is 9.29 Å². The number of hydrogen-bond donors (Lipinski definition) is 1. The Morgan fingerprint density at radius 2 is 1.66 bits per heavy atom. The predicted octanol–water partition coefficient (Wildman–Crippen LogP) is 2.12. The highest BCUT2D eigenvalue weighted by Crippen LogP contribution is 2.36. The largest absolute Gasteiger partial charge is 0.494 e. The molecule has 2 aromatic rings. The summed E-state index contributed by atoms with van der Waals surface area (Å²) in [6.07, 6.45) is 0. The molecule has 2 aromatic carbocycles. The van der Waals surface area contributed by atoms with Crippen molar-refractivity contribution in [3.63, 3.8) is 0 Å². The molecule has 1 fully saturated rings. The Hall–Kier alpha value is -3.23. The standard InChI is InChI=1S/C24H26FN3O4/c1-2-32-18-9-7-17(8-10-18)21-22(27-13-11-26(12-14-27)15-16-29)24(31)28(23(21)30)20-6-4-3-5-19(20)25/h3-10,29H,2,11-16H2,1H3. The van der Waals surface area contributed by atoms with Crippen LogP contribution in [0.3, 0.4) is 0 Å². The van der Waals surface area contributed by atoms with Crippen LogP contribution < -0.4 is 9.64 Å². The van der Waals surface area contributed by atoms with Gasteiger partial charge in [0.2, 0.25) is 0 Å². The van der Waals surface area contributed by atoms with Gasteiger partial charge in [0.1, 0.15) is 17.3 Å². The van der Waals surface area contributed by atoms with Gasteiger partial charge in [-0.2, -0.15) is 0 Å². The number of hydrogen-bond acceptors (Lipinski definition) is 6. The zero-order valence-corrected chi connectivity index (χ0v) is 18.0. The van der Waals surface area contributed by atoms with Crippen molar-refractivity contribution in [3.05, 3.63) is 65.6 Å². The number of halogens is 1. The lowest BCUT2D eigenvalue weighted by Crippen LogP contribution is -2.48. The number of β-amino-alcohol motifs (C(OH)–C–C–N with tert-alkyl or cyclic N) is 1. The number of amides is 2. The fourth-order valence-electron chi connectivity index (χ4n) is 4.14. The molecule has 2 heterocycles. The van der Waals surface area contributed by atoms with Crippen molar-refractivity contribution >= 4 is 23.1 Å². The molecule has 2 aliphatic heterocycles. The van der Waals surface area contributed by atoms with Crippen molar-refractivity contribution in [1.82, 2.24) is 9.80 Å². The summed E-state index contributed by atoms with van der Waals surface area (Å²) in [6, 6.07) is 12.8. The molecular weight excluding hydrogens is 413 g/mol. The van der Waals surface area contributed by atoms with Gasteiger partial charge in [-0.05, 0) is 36.8 Å². The highest BCUT2D eigenvalue weighted by Gasteiger charge is 2.43. The number of piperazine rings is 1. The first-order valence-electron chi connectivity index (χ1n) is 10.7. The normalized spacial score (nSPS) is 17.5. The third kappa shape index (κ3) is 4.11. The smallest absolute Gasteiger partial charge is 0.282 e. The summed E-state index contributed by atoms with van der Waals surface area (Å²) in [7, 11) is 0. The second-order valence-electron chi connectivity index (χ2n) is 7.63. The molecule has 8 heteroatoms. The quantitative estimate of drug-likeness (QED) is 0.667. The van der Waals surface area contributed by atoms with E-state index in [0.29, 0.717) is 50.6 Å². The summed E-state index contributed by atoms with van der Waals surface area (Å²) in [5.41, 5.74) is 1.07. The third-order valence-corrected chi connectivity index (χ3v) is 5.71. The van der Waals surface area contributed by atoms with Crippen LogP contribution in [-0.2, 0) is 9.59 Å². The number of benzene rings is 2. The van der Waals surface area contributed by atoms with E-state index < -0.39 is 17.6 Å². The van der Waals surface area contributed by atoms with Gasteiger partial charge < -0.3 is 14.7 Å². The minimum absolute atomic E-state index is 0.0557. The highest BCUT2D eigenvalue weighted by molar-refractivity contribution is 6.45. The van der Waals surface area contributed by atoms with Gasteiger partial charge in [-0.15, -0.1) is 0 Å². The average molecular weight is 439 g/mol. The maximum atomic E-state index is 14.5. The Labute approximate surface area is 186 Å². The predicted molar refractivity (Wildman–Crippen MR) is 119 cm³/mol. The Kier molecular flexibility index (Phi) is 6.53. The summed E-state index contributed by atoms with van der Waals surface area (Å²) < 4.78 is 20.0. The number of imide groups is 1. The van der Waals surface area contributed by atoms with E-state index in [1.165, 1.54) is 18.2 Å². The summed E-state index contributed by atoms with van der Waals surface area (Å²) in [6.45, 7) is 5.40. The zero-order chi connectivity index (χ0) is 22.7. The Bertz CT molecular complexity index is 1030. The molecule has 0 aromatic heterocycles. The monoisotopic (exact) mass is 439 g/mol. The number of nitrogens with zero attached hydrogens (tertiary/aromatic N) is 3. The summed E-state index contributed by atoms with van der Waals surface area (Å²) in [5, 5.41) is 9.20. The minimum Gasteiger partial charge on any atom is -0.494 e. The number of para-hydroxylation sites is 1. The van der Waals surface area contributed by atoms with Gasteiger partial charge in [0.05, 0.1) is 24.5 Å². The van der Waals surface area contributed by atoms with Gasteiger partial charge in [-0.1, -0.05) is 24.3 Å². The summed E-state index contributed by atoms with van der Waals surface area (Å²) in [5.74, 6) is -1.04. The summed E-state index contributed by atoms with van der Waals surface area (Å²) >= 11 is 0. The lowest BCUT2D eigenvalue weighted by atomic mass is 10.0. The molecule has 2 aliphatic rings. The van der Waals surface area contributed by atoms with E-state index in [2.05, 4.69) is 4.90 Å². The van der Waals surface area contributed by atoms with E-state index in [-0.39, 0.29) is 23.6 Å². The molecule has 0 saturated carbocycles. The van der Waals surface area contributed by atoms with Gasteiger partial charge in [0.25, 0.3) is 11.8 Å². The van der Waals surface area contributed by atoms with Crippen LogP contribution in [-0.4, -0.2) is 72.7 Å². The van der Waals surface area contributed by atoms with Crippen molar-refractivity contribution in [3.8, 4) is 5.75 Å². The first-order chi connectivity index (χ1) is 15.5. The molecule has 1 N–H and O–H groups in total. The van der Waals surface area contributed by atoms with E-state index in [1.54, 1.807) is 30.3 Å². The van der Waals surface area contributed by atoms with Crippen LogP contribution >= 0.6 is 0 Å². The number of aliphatic hydroxyl groups excluding tert-OH is 1. The number of carbonyl (C=O) groups excluding carboxylic acids is 2. The molecule has 0 atom stereocenters. The molecule has 168 valence electrons. The fourth-order valence-corrected chi connectivity index (χ4v) is 4.14. The second kappa shape index (κ2) is 9.50. The van der Waals surface area contributed by atoms with E-state index in [0.717, 1.165) is 4.90 Å². The molecule has 7 nitrogen and oxygen atoms in total. The number of anilines is 1. The minimum atomic E-state index is -0.630. The van der Waals surface area contributed by atoms with Crippen LogP contribution in [0, 0.1) is 5.82 Å². The van der Waals surface area contributed by atoms with E-state index in [4.69, 9.17) is 4.74 Å². The number of rotatable bonds is 7. The number of ether oxygens (including phenoxy) is 1. The average Bonchev–Trinajstić information content (AvgIpc) is 3.06. The van der Waals surface area contributed by atoms with Crippen LogP contribution in [0.5, 0.6) is 5.75 Å². The van der Waals surface area contributed by atoms with Gasteiger partial charge in [-0.3, -0.25) is 14.5 Å². The van der Waals surface area contributed by atoms with Crippen LogP contribution in [0.2, 0.25) is 0 Å². The van der Waals surface area contributed by atoms with Crippen molar-refractivity contribution in [2.45, 2.75) is 6.92 Å². The van der Waals surface area contributed by atoms with Crippen molar-refractivity contribution in [1.29, 1.82) is 0 Å². The van der Waals surface area contributed by atoms with E-state index in [1.807, 2.05) is 11.8 Å². The Morgan fingerprint density at radius 3 is 2.28 bits per heavy atom. The van der Waals surface area contributed by atoms with E-state index in [9.17, 15) is 19.1 Å². The topological polar surface area (TPSA) is 73.3 Å². The highest BCUT2D eigenvalue weighted by atomic mass is 19.1. The third-order valence-electron chi connectivity index (χ3n) is 5.71. The van der Waals surface area contributed by atoms with Gasteiger partial charge >= 0.3 is 0 Å². The van der Waals surface area contributed by atoms with E-state index >= 15 is 0 Å². The molecule has 0 spiro atoms. The summed E-state index contributed by atoms with van der Waals surface area (Å²) in [4.78, 5) is 31.9. The van der Waals surface area contributed by atoms with Crippen molar-refractivity contribution < 1.29 is 23.8 Å². The molecule has 2 amide bonds. The molecule has 0 bridgehead atoms. The Balaban J connectivity index is 1.73. The Morgan fingerprint density at radius 1 is 0.969 bits per heavy atom. The van der Waals surface area contributed by atoms with Gasteiger partial charge in [0, 0.05) is 32.7 Å². The molecule has 0 radical (unpaired) electrons. The van der Waals surface area contributed by atoms with Gasteiger partial charge in [0.15, 0.2) is 0 Å². The SMILES string of the molecule is CCOc1ccc(C2=C(N3CCN(CCO)CC3)C(=O)N(c3ccccc3F)C2=O)cc1. The number of aliphatic hydroxyl groups is 1. The maximum Gasteiger partial charge on any atom is 0.282 e. The lowest BCUT2D eigenvalue weighted by Gasteiger charge is -2.36.